The summed E-state index contributed by atoms with van der Waals surface area (Å²) in [6.07, 6.45) is 5.78. The quantitative estimate of drug-likeness (QED) is 0.579. The van der Waals surface area contributed by atoms with Crippen molar-refractivity contribution in [1.82, 2.24) is 15.3 Å². The van der Waals surface area contributed by atoms with E-state index in [4.69, 9.17) is 10.5 Å². The number of aliphatic hydroxyl groups is 1. The molecule has 4 rings (SSSR count). The SMILES string of the molecule is NC(O)[C@H]1CCCC[C@H]1NC(=O)c1cnc(N2CC(F)(F)C2)c(OCC2CC2)n1. The lowest BCUT2D eigenvalue weighted by molar-refractivity contribution is -0.0270. The molecule has 3 aliphatic rings. The van der Waals surface area contributed by atoms with Crippen LogP contribution in [0.4, 0.5) is 14.6 Å². The summed E-state index contributed by atoms with van der Waals surface area (Å²) >= 11 is 0. The van der Waals surface area contributed by atoms with Gasteiger partial charge in [-0.1, -0.05) is 12.8 Å². The number of aliphatic hydroxyl groups excluding tert-OH is 1. The number of hydrogen-bond donors (Lipinski definition) is 3. The number of aromatic nitrogens is 2. The molecule has 2 heterocycles. The van der Waals surface area contributed by atoms with Gasteiger partial charge in [-0.2, -0.15) is 0 Å². The first kappa shape index (κ1) is 20.2. The molecular formula is C19H27F2N5O3. The highest BCUT2D eigenvalue weighted by Gasteiger charge is 2.46. The van der Waals surface area contributed by atoms with Gasteiger partial charge in [-0.25, -0.2) is 18.7 Å². The second kappa shape index (κ2) is 7.98. The van der Waals surface area contributed by atoms with Crippen LogP contribution in [0.1, 0.15) is 49.0 Å². The molecule has 1 aromatic heterocycles. The van der Waals surface area contributed by atoms with Crippen LogP contribution >= 0.6 is 0 Å². The van der Waals surface area contributed by atoms with E-state index >= 15 is 0 Å². The summed E-state index contributed by atoms with van der Waals surface area (Å²) in [6.45, 7) is -0.447. The number of amides is 1. The molecule has 1 aliphatic heterocycles. The number of nitrogens with one attached hydrogen (secondary N) is 1. The van der Waals surface area contributed by atoms with Gasteiger partial charge in [-0.15, -0.1) is 0 Å². The molecule has 1 aromatic rings. The zero-order valence-electron chi connectivity index (χ0n) is 16.2. The molecule has 0 bridgehead atoms. The summed E-state index contributed by atoms with van der Waals surface area (Å²) in [5.74, 6) is -2.61. The molecule has 10 heteroatoms. The van der Waals surface area contributed by atoms with Crippen LogP contribution in [0, 0.1) is 11.8 Å². The molecule has 2 aliphatic carbocycles. The Morgan fingerprint density at radius 3 is 2.72 bits per heavy atom. The molecule has 3 fully saturated rings. The Hall–Kier alpha value is -2.07. The van der Waals surface area contributed by atoms with Crippen LogP contribution in [0.2, 0.25) is 0 Å². The van der Waals surface area contributed by atoms with E-state index in [1.807, 2.05) is 0 Å². The Labute approximate surface area is 167 Å². The topological polar surface area (TPSA) is 114 Å². The average molecular weight is 411 g/mol. The van der Waals surface area contributed by atoms with Crippen LogP contribution in [-0.4, -0.2) is 58.9 Å². The van der Waals surface area contributed by atoms with Gasteiger partial charge in [0.15, 0.2) is 11.5 Å². The minimum absolute atomic E-state index is 0.0580. The molecule has 4 N–H and O–H groups in total. The Morgan fingerprint density at radius 1 is 1.34 bits per heavy atom. The van der Waals surface area contributed by atoms with E-state index in [2.05, 4.69) is 15.3 Å². The van der Waals surface area contributed by atoms with Crippen molar-refractivity contribution in [3.8, 4) is 5.88 Å². The van der Waals surface area contributed by atoms with Crippen LogP contribution in [0.5, 0.6) is 5.88 Å². The number of nitrogens with zero attached hydrogens (tertiary/aromatic N) is 3. The molecular weight excluding hydrogens is 384 g/mol. The van der Waals surface area contributed by atoms with E-state index in [9.17, 15) is 18.7 Å². The highest BCUT2D eigenvalue weighted by atomic mass is 19.3. The molecule has 8 nitrogen and oxygen atoms in total. The fourth-order valence-electron chi connectivity index (χ4n) is 3.92. The third-order valence-electron chi connectivity index (χ3n) is 5.83. The van der Waals surface area contributed by atoms with Crippen molar-refractivity contribution < 1.29 is 23.4 Å². The monoisotopic (exact) mass is 411 g/mol. The van der Waals surface area contributed by atoms with Gasteiger partial charge >= 0.3 is 0 Å². The zero-order valence-corrected chi connectivity index (χ0v) is 16.2. The van der Waals surface area contributed by atoms with E-state index in [-0.39, 0.29) is 29.4 Å². The van der Waals surface area contributed by atoms with Crippen molar-refractivity contribution in [2.24, 2.45) is 17.6 Å². The highest BCUT2D eigenvalue weighted by molar-refractivity contribution is 5.92. The lowest BCUT2D eigenvalue weighted by Crippen LogP contribution is -2.56. The third-order valence-corrected chi connectivity index (χ3v) is 5.83. The van der Waals surface area contributed by atoms with Crippen molar-refractivity contribution in [2.45, 2.75) is 56.7 Å². The van der Waals surface area contributed by atoms with Crippen LogP contribution in [0.15, 0.2) is 6.20 Å². The summed E-state index contributed by atoms with van der Waals surface area (Å²) < 4.78 is 32.3. The summed E-state index contributed by atoms with van der Waals surface area (Å²) in [6, 6.07) is -0.248. The minimum Gasteiger partial charge on any atom is -0.475 e. The van der Waals surface area contributed by atoms with E-state index in [1.165, 1.54) is 11.1 Å². The van der Waals surface area contributed by atoms with Crippen LogP contribution in [0.25, 0.3) is 0 Å². The van der Waals surface area contributed by atoms with Crippen molar-refractivity contribution in [3.05, 3.63) is 11.9 Å². The predicted molar refractivity (Wildman–Crippen MR) is 101 cm³/mol. The summed E-state index contributed by atoms with van der Waals surface area (Å²) in [4.78, 5) is 22.6. The molecule has 0 spiro atoms. The molecule has 1 saturated heterocycles. The number of ether oxygens (including phenoxy) is 1. The summed E-state index contributed by atoms with van der Waals surface area (Å²) in [5, 5.41) is 12.7. The molecule has 160 valence electrons. The zero-order chi connectivity index (χ0) is 20.6. The van der Waals surface area contributed by atoms with Crippen molar-refractivity contribution in [3.63, 3.8) is 0 Å². The first-order valence-electron chi connectivity index (χ1n) is 10.2. The van der Waals surface area contributed by atoms with Crippen molar-refractivity contribution >= 4 is 11.7 Å². The van der Waals surface area contributed by atoms with Crippen molar-refractivity contribution in [2.75, 3.05) is 24.6 Å². The minimum atomic E-state index is -2.75. The summed E-state index contributed by atoms with van der Waals surface area (Å²) in [7, 11) is 0. The Kier molecular flexibility index (Phi) is 5.56. The third kappa shape index (κ3) is 4.75. The van der Waals surface area contributed by atoms with E-state index in [0.717, 1.165) is 38.5 Å². The van der Waals surface area contributed by atoms with Crippen LogP contribution in [0.3, 0.4) is 0 Å². The maximum absolute atomic E-state index is 13.3. The van der Waals surface area contributed by atoms with Crippen molar-refractivity contribution in [1.29, 1.82) is 0 Å². The fraction of sp³-hybridized carbons (Fsp3) is 0.737. The van der Waals surface area contributed by atoms with E-state index < -0.39 is 31.1 Å². The number of nitrogens with two attached hydrogens (primary N) is 1. The van der Waals surface area contributed by atoms with Gasteiger partial charge in [0.2, 0.25) is 0 Å². The molecule has 3 atom stereocenters. The van der Waals surface area contributed by atoms with Gasteiger partial charge in [0.05, 0.1) is 25.9 Å². The second-order valence-corrected chi connectivity index (χ2v) is 8.37. The number of carbonyl (C=O) groups excluding carboxylic acids is 1. The molecule has 0 radical (unpaired) electrons. The van der Waals surface area contributed by atoms with Gasteiger partial charge in [-0.3, -0.25) is 4.79 Å². The normalized spacial score (nSPS) is 27.1. The van der Waals surface area contributed by atoms with Gasteiger partial charge in [0.25, 0.3) is 17.7 Å². The number of halogens is 2. The van der Waals surface area contributed by atoms with Gasteiger partial charge in [0.1, 0.15) is 6.23 Å². The number of anilines is 1. The van der Waals surface area contributed by atoms with Crippen LogP contribution in [-0.2, 0) is 0 Å². The number of carbonyl (C=O) groups is 1. The Morgan fingerprint density at radius 2 is 2.07 bits per heavy atom. The fourth-order valence-corrected chi connectivity index (χ4v) is 3.92. The first-order chi connectivity index (χ1) is 13.8. The molecule has 1 unspecified atom stereocenters. The second-order valence-electron chi connectivity index (χ2n) is 8.37. The smallest absolute Gasteiger partial charge is 0.282 e. The maximum Gasteiger partial charge on any atom is 0.282 e. The number of hydrogen-bond acceptors (Lipinski definition) is 7. The van der Waals surface area contributed by atoms with E-state index in [0.29, 0.717) is 12.5 Å². The lowest BCUT2D eigenvalue weighted by Gasteiger charge is -2.39. The average Bonchev–Trinajstić information content (AvgIpc) is 3.49. The van der Waals surface area contributed by atoms with Gasteiger partial charge in [0, 0.05) is 12.0 Å². The largest absolute Gasteiger partial charge is 0.475 e. The predicted octanol–water partition coefficient (Wildman–Crippen LogP) is 1.29. The standard InChI is InChI=1S/C19H27F2N5O3/c20-19(21)9-26(10-19)16-18(29-8-11-5-6-11)25-14(7-23-16)17(28)24-13-4-2-1-3-12(13)15(22)27/h7,11-13,15,27H,1-6,8-10,22H2,(H,24,28)/t12-,13+,15?/m0/s1. The molecule has 1 amide bonds. The maximum atomic E-state index is 13.3. The Bertz CT molecular complexity index is 751. The van der Waals surface area contributed by atoms with Crippen LogP contribution < -0.4 is 20.7 Å². The van der Waals surface area contributed by atoms with E-state index in [1.54, 1.807) is 0 Å². The lowest BCUT2D eigenvalue weighted by atomic mass is 9.83. The number of alkyl halides is 2. The molecule has 29 heavy (non-hydrogen) atoms. The molecule has 2 saturated carbocycles. The van der Waals surface area contributed by atoms with Gasteiger partial charge in [-0.05, 0) is 31.6 Å². The molecule has 0 aromatic carbocycles. The first-order valence-corrected chi connectivity index (χ1v) is 10.2. The number of rotatable bonds is 7. The summed E-state index contributed by atoms with van der Waals surface area (Å²) in [5.41, 5.74) is 5.71. The van der Waals surface area contributed by atoms with Gasteiger partial charge < -0.3 is 25.8 Å². The highest BCUT2D eigenvalue weighted by Crippen LogP contribution is 2.36. The Balaban J connectivity index is 1.48.